The van der Waals surface area contributed by atoms with E-state index < -0.39 is 5.91 Å². The minimum absolute atomic E-state index is 0.0172. The van der Waals surface area contributed by atoms with Crippen LogP contribution in [0.5, 0.6) is 5.75 Å². The third-order valence-electron chi connectivity index (χ3n) is 5.39. The lowest BCUT2D eigenvalue weighted by atomic mass is 10.1. The normalized spacial score (nSPS) is 11.3. The van der Waals surface area contributed by atoms with E-state index in [0.717, 1.165) is 26.5 Å². The molecule has 4 rings (SSSR count). The van der Waals surface area contributed by atoms with E-state index in [2.05, 4.69) is 26.2 Å². The Labute approximate surface area is 221 Å². The maximum atomic E-state index is 12.7. The summed E-state index contributed by atoms with van der Waals surface area (Å²) in [5.74, 6) is 0.0672. The van der Waals surface area contributed by atoms with Crippen molar-refractivity contribution in [1.82, 2.24) is 10.3 Å². The number of fused-ring (bicyclic) bond motifs is 1. The number of nitrogens with zero attached hydrogens (tertiary/aromatic N) is 1. The van der Waals surface area contributed by atoms with Gasteiger partial charge < -0.3 is 15.0 Å². The fraction of sp³-hybridized carbons (Fsp3) is 0.111. The van der Waals surface area contributed by atoms with Crippen molar-refractivity contribution >= 4 is 62.0 Å². The fourth-order valence-electron chi connectivity index (χ4n) is 3.61. The number of amides is 1. The predicted molar refractivity (Wildman–Crippen MR) is 144 cm³/mol. The molecule has 1 amide bonds. The molecule has 0 aliphatic carbocycles. The number of aromatic nitrogens is 1. The molecule has 0 atom stereocenters. The maximum absolute atomic E-state index is 12.7. The van der Waals surface area contributed by atoms with Gasteiger partial charge in [-0.15, -0.1) is 0 Å². The van der Waals surface area contributed by atoms with Crippen molar-refractivity contribution in [2.24, 2.45) is 0 Å². The van der Waals surface area contributed by atoms with E-state index in [9.17, 15) is 10.1 Å². The van der Waals surface area contributed by atoms with Crippen molar-refractivity contribution in [3.63, 3.8) is 0 Å². The summed E-state index contributed by atoms with van der Waals surface area (Å²) in [4.78, 5) is 16.0. The average Bonchev–Trinajstić information content (AvgIpc) is 3.26. The lowest BCUT2D eigenvalue weighted by molar-refractivity contribution is -0.117. The number of aromatic amines is 1. The molecule has 4 aromatic rings. The number of carbonyl (C=O) groups excluding carboxylic acids is 1. The first kappa shape index (κ1) is 24.9. The third kappa shape index (κ3) is 6.26. The molecule has 1 heterocycles. The van der Waals surface area contributed by atoms with Gasteiger partial charge in [0, 0.05) is 49.3 Å². The molecule has 3 aromatic carbocycles. The second-order valence-corrected chi connectivity index (χ2v) is 9.50. The first-order chi connectivity index (χ1) is 16.9. The molecule has 0 radical (unpaired) electrons. The standard InChI is InChI=1S/C27H20BrCl2N3O2/c28-21-6-8-26(35-16-18-5-7-22(29)13-24(18)30)19(12-21)11-20(14-31)27(34)32-10-9-17-15-33-25-4-2-1-3-23(17)25/h1-8,11-13,15,33H,9-10,16H2,(H,32,34)/b20-11-. The molecule has 8 heteroatoms. The molecular weight excluding hydrogens is 549 g/mol. The predicted octanol–water partition coefficient (Wildman–Crippen LogP) is 7.08. The van der Waals surface area contributed by atoms with Crippen LogP contribution in [-0.2, 0) is 17.8 Å². The number of ether oxygens (including phenoxy) is 1. The number of nitrogens with one attached hydrogen (secondary N) is 2. The van der Waals surface area contributed by atoms with Crippen molar-refractivity contribution in [2.45, 2.75) is 13.0 Å². The van der Waals surface area contributed by atoms with E-state index in [1.54, 1.807) is 30.3 Å². The molecule has 1 aromatic heterocycles. The number of hydrogen-bond donors (Lipinski definition) is 2. The molecule has 176 valence electrons. The molecule has 2 N–H and O–H groups in total. The molecule has 0 fully saturated rings. The number of benzene rings is 3. The lowest BCUT2D eigenvalue weighted by Gasteiger charge is -2.12. The summed E-state index contributed by atoms with van der Waals surface area (Å²) in [6.45, 7) is 0.605. The van der Waals surface area contributed by atoms with Gasteiger partial charge in [0.2, 0.25) is 0 Å². The minimum atomic E-state index is -0.445. The van der Waals surface area contributed by atoms with E-state index in [0.29, 0.717) is 34.3 Å². The summed E-state index contributed by atoms with van der Waals surface area (Å²) in [5.41, 5.74) is 3.49. The lowest BCUT2D eigenvalue weighted by Crippen LogP contribution is -2.26. The summed E-state index contributed by atoms with van der Waals surface area (Å²) in [6, 6.07) is 20.5. The van der Waals surface area contributed by atoms with Gasteiger partial charge >= 0.3 is 0 Å². The summed E-state index contributed by atoms with van der Waals surface area (Å²) in [6.07, 6.45) is 4.10. The average molecular weight is 569 g/mol. The molecule has 0 aliphatic heterocycles. The third-order valence-corrected chi connectivity index (χ3v) is 6.47. The smallest absolute Gasteiger partial charge is 0.261 e. The molecule has 0 aliphatic rings. The van der Waals surface area contributed by atoms with Gasteiger partial charge in [-0.05, 0) is 54.5 Å². The van der Waals surface area contributed by atoms with E-state index >= 15 is 0 Å². The number of nitriles is 1. The van der Waals surface area contributed by atoms with Gasteiger partial charge in [-0.25, -0.2) is 0 Å². The van der Waals surface area contributed by atoms with Crippen molar-refractivity contribution in [3.8, 4) is 11.8 Å². The van der Waals surface area contributed by atoms with E-state index in [1.165, 1.54) is 6.08 Å². The van der Waals surface area contributed by atoms with Gasteiger partial charge in [0.1, 0.15) is 24.0 Å². The number of halogens is 3. The van der Waals surface area contributed by atoms with Crippen molar-refractivity contribution in [2.75, 3.05) is 6.54 Å². The highest BCUT2D eigenvalue weighted by atomic mass is 79.9. The van der Waals surface area contributed by atoms with Crippen molar-refractivity contribution < 1.29 is 9.53 Å². The van der Waals surface area contributed by atoms with Crippen LogP contribution in [0, 0.1) is 11.3 Å². The summed E-state index contributed by atoms with van der Waals surface area (Å²) >= 11 is 15.6. The van der Waals surface area contributed by atoms with Gasteiger partial charge in [0.15, 0.2) is 0 Å². The van der Waals surface area contributed by atoms with Crippen LogP contribution >= 0.6 is 39.1 Å². The highest BCUT2D eigenvalue weighted by Crippen LogP contribution is 2.28. The number of carbonyl (C=O) groups is 1. The molecular formula is C27H20BrCl2N3O2. The largest absolute Gasteiger partial charge is 0.488 e. The fourth-order valence-corrected chi connectivity index (χ4v) is 4.45. The monoisotopic (exact) mass is 567 g/mol. The molecule has 35 heavy (non-hydrogen) atoms. The van der Waals surface area contributed by atoms with Gasteiger partial charge in [-0.3, -0.25) is 4.79 Å². The highest BCUT2D eigenvalue weighted by Gasteiger charge is 2.13. The second kappa shape index (κ2) is 11.5. The summed E-state index contributed by atoms with van der Waals surface area (Å²) < 4.78 is 6.75. The Hall–Kier alpha value is -3.24. The van der Waals surface area contributed by atoms with Crippen molar-refractivity contribution in [3.05, 3.63) is 104 Å². The Morgan fingerprint density at radius 3 is 2.74 bits per heavy atom. The van der Waals surface area contributed by atoms with Crippen LogP contribution in [0.4, 0.5) is 0 Å². The first-order valence-electron chi connectivity index (χ1n) is 10.8. The molecule has 0 spiro atoms. The highest BCUT2D eigenvalue weighted by molar-refractivity contribution is 9.10. The van der Waals surface area contributed by atoms with Gasteiger partial charge in [-0.2, -0.15) is 5.26 Å². The zero-order valence-corrected chi connectivity index (χ0v) is 21.5. The number of H-pyrrole nitrogens is 1. The molecule has 0 bridgehead atoms. The summed E-state index contributed by atoms with van der Waals surface area (Å²) in [5, 5.41) is 14.6. The van der Waals surface area contributed by atoms with Crippen LogP contribution in [0.25, 0.3) is 17.0 Å². The Morgan fingerprint density at radius 1 is 1.11 bits per heavy atom. The Bertz CT molecular complexity index is 1460. The Morgan fingerprint density at radius 2 is 1.94 bits per heavy atom. The molecule has 0 saturated carbocycles. The number of hydrogen-bond acceptors (Lipinski definition) is 3. The maximum Gasteiger partial charge on any atom is 0.261 e. The minimum Gasteiger partial charge on any atom is -0.488 e. The van der Waals surface area contributed by atoms with E-state index in [-0.39, 0.29) is 12.2 Å². The quantitative estimate of drug-likeness (QED) is 0.176. The molecule has 0 saturated heterocycles. The first-order valence-corrected chi connectivity index (χ1v) is 12.3. The topological polar surface area (TPSA) is 77.9 Å². The number of rotatable bonds is 8. The second-order valence-electron chi connectivity index (χ2n) is 7.74. The van der Waals surface area contributed by atoms with Gasteiger partial charge in [0.25, 0.3) is 5.91 Å². The zero-order chi connectivity index (χ0) is 24.8. The van der Waals surface area contributed by atoms with Crippen LogP contribution in [-0.4, -0.2) is 17.4 Å². The van der Waals surface area contributed by atoms with Crippen LogP contribution in [0.3, 0.4) is 0 Å². The SMILES string of the molecule is N#C/C(=C/c1cc(Br)ccc1OCc1ccc(Cl)cc1Cl)C(=O)NCCc1c[nH]c2ccccc12. The Balaban J connectivity index is 1.45. The number of para-hydroxylation sites is 1. The zero-order valence-electron chi connectivity index (χ0n) is 18.4. The summed E-state index contributed by atoms with van der Waals surface area (Å²) in [7, 11) is 0. The van der Waals surface area contributed by atoms with Crippen LogP contribution in [0.15, 0.2) is 76.9 Å². The van der Waals surface area contributed by atoms with E-state index in [4.69, 9.17) is 27.9 Å². The van der Waals surface area contributed by atoms with Crippen LogP contribution in [0.2, 0.25) is 10.0 Å². The van der Waals surface area contributed by atoms with E-state index in [1.807, 2.05) is 42.6 Å². The van der Waals surface area contributed by atoms with Crippen LogP contribution < -0.4 is 10.1 Å². The van der Waals surface area contributed by atoms with Crippen molar-refractivity contribution in [1.29, 1.82) is 5.26 Å². The van der Waals surface area contributed by atoms with Gasteiger partial charge in [0.05, 0.1) is 0 Å². The van der Waals surface area contributed by atoms with Crippen LogP contribution in [0.1, 0.15) is 16.7 Å². The Kier molecular flexibility index (Phi) is 8.14. The molecule has 5 nitrogen and oxygen atoms in total. The van der Waals surface area contributed by atoms with Gasteiger partial charge in [-0.1, -0.05) is 63.4 Å². The molecule has 0 unspecified atom stereocenters.